The highest BCUT2D eigenvalue weighted by Crippen LogP contribution is 2.55. The Morgan fingerprint density at radius 2 is 2.08 bits per heavy atom. The van der Waals surface area contributed by atoms with Crippen molar-refractivity contribution in [2.24, 2.45) is 5.41 Å². The summed E-state index contributed by atoms with van der Waals surface area (Å²) in [5.74, 6) is 0. The highest BCUT2D eigenvalue weighted by Gasteiger charge is 2.48. The molecule has 0 radical (unpaired) electrons. The number of methoxy groups -OCH3 is 1. The molecule has 2 amide bonds. The Balaban J connectivity index is 1.60. The van der Waals surface area contributed by atoms with Crippen LogP contribution < -0.4 is 10.6 Å². The Morgan fingerprint density at radius 1 is 1.36 bits per heavy atom. The average Bonchev–Trinajstić information content (AvgIpc) is 2.47. The molecule has 2 N–H and O–H groups in total. The molecule has 2 aliphatic rings. The van der Waals surface area contributed by atoms with Gasteiger partial charge in [-0.25, -0.2) is 4.79 Å². The van der Waals surface area contributed by atoms with E-state index in [-0.39, 0.29) is 18.7 Å². The number of urea groups is 1. The third-order valence-electron chi connectivity index (χ3n) is 5.36. The molecule has 3 rings (SSSR count). The molecule has 138 valence electrons. The molecular weight excluding hydrogens is 333 g/mol. The SMILES string of the molecule is COCC(NC(=O)NC1CC2(CCC2)C1)c1cccc(C(F)(F)F)c1. The second-order valence-corrected chi connectivity index (χ2v) is 7.21. The summed E-state index contributed by atoms with van der Waals surface area (Å²) in [6.07, 6.45) is 1.33. The number of ether oxygens (including phenoxy) is 1. The van der Waals surface area contributed by atoms with E-state index in [1.54, 1.807) is 6.07 Å². The number of carbonyl (C=O) groups is 1. The number of carbonyl (C=O) groups excluding carboxylic acids is 1. The van der Waals surface area contributed by atoms with Crippen molar-refractivity contribution >= 4 is 6.03 Å². The Kier molecular flexibility index (Phi) is 4.95. The van der Waals surface area contributed by atoms with Gasteiger partial charge in [0.15, 0.2) is 0 Å². The summed E-state index contributed by atoms with van der Waals surface area (Å²) in [4.78, 5) is 12.2. The first-order valence-electron chi connectivity index (χ1n) is 8.54. The first-order chi connectivity index (χ1) is 11.8. The van der Waals surface area contributed by atoms with Gasteiger partial charge in [-0.15, -0.1) is 0 Å². The monoisotopic (exact) mass is 356 g/mol. The fourth-order valence-electron chi connectivity index (χ4n) is 3.88. The van der Waals surface area contributed by atoms with Crippen molar-refractivity contribution in [1.29, 1.82) is 0 Å². The van der Waals surface area contributed by atoms with Gasteiger partial charge < -0.3 is 15.4 Å². The molecule has 7 heteroatoms. The standard InChI is InChI=1S/C18H23F3N2O2/c1-25-11-15(12-4-2-5-13(8-12)18(19,20)21)23-16(24)22-14-9-17(10-14)6-3-7-17/h2,4-5,8,14-15H,3,6-7,9-11H2,1H3,(H2,22,23,24). The van der Waals surface area contributed by atoms with Crippen molar-refractivity contribution in [1.82, 2.24) is 10.6 Å². The quantitative estimate of drug-likeness (QED) is 0.837. The predicted molar refractivity (Wildman–Crippen MR) is 87.0 cm³/mol. The number of amides is 2. The number of benzene rings is 1. The normalized spacial score (nSPS) is 20.5. The summed E-state index contributed by atoms with van der Waals surface area (Å²) in [7, 11) is 1.45. The van der Waals surface area contributed by atoms with Gasteiger partial charge in [-0.3, -0.25) is 0 Å². The van der Waals surface area contributed by atoms with Gasteiger partial charge in [0.1, 0.15) is 0 Å². The summed E-state index contributed by atoms with van der Waals surface area (Å²) >= 11 is 0. The maximum absolute atomic E-state index is 12.9. The molecule has 1 aromatic rings. The first-order valence-corrected chi connectivity index (χ1v) is 8.54. The molecule has 1 aromatic carbocycles. The molecule has 2 fully saturated rings. The maximum Gasteiger partial charge on any atom is 0.416 e. The zero-order chi connectivity index (χ0) is 18.1. The molecule has 0 heterocycles. The highest BCUT2D eigenvalue weighted by molar-refractivity contribution is 5.75. The van der Waals surface area contributed by atoms with Crippen molar-refractivity contribution in [3.8, 4) is 0 Å². The number of rotatable bonds is 5. The molecule has 1 spiro atoms. The summed E-state index contributed by atoms with van der Waals surface area (Å²) in [6.45, 7) is 0.101. The minimum Gasteiger partial charge on any atom is -0.382 e. The van der Waals surface area contributed by atoms with E-state index in [2.05, 4.69) is 10.6 Å². The van der Waals surface area contributed by atoms with E-state index < -0.39 is 17.8 Å². The second-order valence-electron chi connectivity index (χ2n) is 7.21. The van der Waals surface area contributed by atoms with Gasteiger partial charge >= 0.3 is 12.2 Å². The van der Waals surface area contributed by atoms with Crippen LogP contribution in [0.3, 0.4) is 0 Å². The molecule has 0 aliphatic heterocycles. The van der Waals surface area contributed by atoms with Crippen molar-refractivity contribution < 1.29 is 22.7 Å². The molecule has 0 aromatic heterocycles. The van der Waals surface area contributed by atoms with Gasteiger partial charge in [0.05, 0.1) is 18.2 Å². The first kappa shape index (κ1) is 18.0. The molecule has 1 unspecified atom stereocenters. The number of hydrogen-bond donors (Lipinski definition) is 2. The van der Waals surface area contributed by atoms with E-state index >= 15 is 0 Å². The van der Waals surface area contributed by atoms with Crippen LogP contribution in [0, 0.1) is 5.41 Å². The lowest BCUT2D eigenvalue weighted by Crippen LogP contribution is -2.55. The summed E-state index contributed by atoms with van der Waals surface area (Å²) in [6, 6.07) is 4.13. The van der Waals surface area contributed by atoms with E-state index in [9.17, 15) is 18.0 Å². The minimum absolute atomic E-state index is 0.101. The molecule has 4 nitrogen and oxygen atoms in total. The van der Waals surface area contributed by atoms with Crippen LogP contribution in [0.5, 0.6) is 0 Å². The van der Waals surface area contributed by atoms with Crippen molar-refractivity contribution in [2.75, 3.05) is 13.7 Å². The topological polar surface area (TPSA) is 50.4 Å². The smallest absolute Gasteiger partial charge is 0.382 e. The third kappa shape index (κ3) is 4.08. The van der Waals surface area contributed by atoms with E-state index in [1.165, 1.54) is 32.4 Å². The second kappa shape index (κ2) is 6.86. The molecule has 25 heavy (non-hydrogen) atoms. The van der Waals surface area contributed by atoms with Gasteiger partial charge in [0, 0.05) is 13.2 Å². The zero-order valence-corrected chi connectivity index (χ0v) is 14.2. The van der Waals surface area contributed by atoms with Crippen molar-refractivity contribution in [3.63, 3.8) is 0 Å². The predicted octanol–water partition coefficient (Wildman–Crippen LogP) is 4.02. The van der Waals surface area contributed by atoms with Gasteiger partial charge in [0.25, 0.3) is 0 Å². The molecule has 2 saturated carbocycles. The lowest BCUT2D eigenvalue weighted by Gasteiger charge is -2.54. The van der Waals surface area contributed by atoms with Crippen LogP contribution in [0.2, 0.25) is 0 Å². The minimum atomic E-state index is -4.42. The van der Waals surface area contributed by atoms with Crippen LogP contribution in [-0.2, 0) is 10.9 Å². The van der Waals surface area contributed by atoms with E-state index in [0.717, 1.165) is 25.0 Å². The van der Waals surface area contributed by atoms with Crippen LogP contribution >= 0.6 is 0 Å². The zero-order valence-electron chi connectivity index (χ0n) is 14.2. The van der Waals surface area contributed by atoms with Crippen LogP contribution in [0.25, 0.3) is 0 Å². The number of halogens is 3. The lowest BCUT2D eigenvalue weighted by atomic mass is 9.54. The largest absolute Gasteiger partial charge is 0.416 e. The fraction of sp³-hybridized carbons (Fsp3) is 0.611. The van der Waals surface area contributed by atoms with Gasteiger partial charge in [0.2, 0.25) is 0 Å². The Bertz CT molecular complexity index is 621. The summed E-state index contributed by atoms with van der Waals surface area (Å²) < 4.78 is 43.7. The van der Waals surface area contributed by atoms with Crippen molar-refractivity contribution in [3.05, 3.63) is 35.4 Å². The van der Waals surface area contributed by atoms with Crippen molar-refractivity contribution in [2.45, 2.75) is 50.4 Å². The molecular formula is C18H23F3N2O2. The van der Waals surface area contributed by atoms with Crippen LogP contribution in [0.1, 0.15) is 49.3 Å². The van der Waals surface area contributed by atoms with Gasteiger partial charge in [-0.2, -0.15) is 13.2 Å². The van der Waals surface area contributed by atoms with Crippen LogP contribution in [0.4, 0.5) is 18.0 Å². The number of hydrogen-bond acceptors (Lipinski definition) is 2. The molecule has 2 aliphatic carbocycles. The van der Waals surface area contributed by atoms with Gasteiger partial charge in [-0.05, 0) is 48.8 Å². The van der Waals surface area contributed by atoms with E-state index in [4.69, 9.17) is 4.74 Å². The van der Waals surface area contributed by atoms with Gasteiger partial charge in [-0.1, -0.05) is 18.6 Å². The van der Waals surface area contributed by atoms with E-state index in [1.807, 2.05) is 0 Å². The number of nitrogens with one attached hydrogen (secondary N) is 2. The fourth-order valence-corrected chi connectivity index (χ4v) is 3.88. The third-order valence-corrected chi connectivity index (χ3v) is 5.36. The summed E-state index contributed by atoms with van der Waals surface area (Å²) in [5, 5.41) is 5.65. The molecule has 1 atom stereocenters. The maximum atomic E-state index is 12.9. The summed E-state index contributed by atoms with van der Waals surface area (Å²) in [5.41, 5.74) is 0.0837. The van der Waals surface area contributed by atoms with Crippen LogP contribution in [-0.4, -0.2) is 25.8 Å². The lowest BCUT2D eigenvalue weighted by molar-refractivity contribution is -0.137. The average molecular weight is 356 g/mol. The Hall–Kier alpha value is -1.76. The number of alkyl halides is 3. The Morgan fingerprint density at radius 3 is 2.64 bits per heavy atom. The Labute approximate surface area is 145 Å². The molecule has 0 saturated heterocycles. The van der Waals surface area contributed by atoms with E-state index in [0.29, 0.717) is 11.0 Å². The van der Waals surface area contributed by atoms with Crippen LogP contribution in [0.15, 0.2) is 24.3 Å². The highest BCUT2D eigenvalue weighted by atomic mass is 19.4. The molecule has 0 bridgehead atoms.